The second-order valence-corrected chi connectivity index (χ2v) is 12.5. The Kier molecular flexibility index (Phi) is 7.63. The van der Waals surface area contributed by atoms with Crippen LogP contribution in [-0.2, 0) is 6.54 Å². The van der Waals surface area contributed by atoms with Gasteiger partial charge >= 0.3 is 0 Å². The number of benzene rings is 7. The lowest BCUT2D eigenvalue weighted by molar-refractivity contribution is 0.669. The Bertz CT molecular complexity index is 2770. The number of fused-ring (bicyclic) bond motifs is 6. The highest BCUT2D eigenvalue weighted by molar-refractivity contribution is 6.19. The predicted molar refractivity (Wildman–Crippen MR) is 213 cm³/mol. The molecular formula is C46H32N4O. The smallest absolute Gasteiger partial charge is 0.161 e. The minimum absolute atomic E-state index is 0.457. The monoisotopic (exact) mass is 656 g/mol. The molecule has 0 aliphatic carbocycles. The van der Waals surface area contributed by atoms with Gasteiger partial charge in [-0.25, -0.2) is 9.98 Å². The van der Waals surface area contributed by atoms with Crippen molar-refractivity contribution in [2.75, 3.05) is 0 Å². The molecule has 0 aliphatic heterocycles. The molecule has 0 spiro atoms. The van der Waals surface area contributed by atoms with Crippen molar-refractivity contribution in [1.29, 1.82) is 0 Å². The molecule has 51 heavy (non-hydrogen) atoms. The van der Waals surface area contributed by atoms with Crippen molar-refractivity contribution in [2.45, 2.75) is 6.54 Å². The fraction of sp³-hybridized carbons (Fsp3) is 0.0217. The molecule has 0 radical (unpaired) electrons. The number of rotatable bonds is 6. The van der Waals surface area contributed by atoms with E-state index in [1.54, 1.807) is 0 Å². The third kappa shape index (κ3) is 5.51. The zero-order valence-corrected chi connectivity index (χ0v) is 27.8. The first-order valence-corrected chi connectivity index (χ1v) is 17.0. The summed E-state index contributed by atoms with van der Waals surface area (Å²) in [6.07, 6.45) is 0. The number of hydrogen-bond donors (Lipinski definition) is 0. The van der Waals surface area contributed by atoms with E-state index in [4.69, 9.17) is 14.4 Å². The second kappa shape index (κ2) is 12.9. The molecule has 0 atom stereocenters. The Morgan fingerprint density at radius 3 is 2.00 bits per heavy atom. The van der Waals surface area contributed by atoms with E-state index >= 15 is 0 Å². The lowest BCUT2D eigenvalue weighted by atomic mass is 10.0. The van der Waals surface area contributed by atoms with Crippen LogP contribution in [0.4, 0.5) is 0 Å². The van der Waals surface area contributed by atoms with Gasteiger partial charge in [0.2, 0.25) is 0 Å². The molecule has 0 aliphatic rings. The minimum Gasteiger partial charge on any atom is -0.456 e. The number of furan rings is 1. The van der Waals surface area contributed by atoms with Gasteiger partial charge in [0.15, 0.2) is 11.7 Å². The number of hydrogen-bond acceptors (Lipinski definition) is 2. The first-order chi connectivity index (χ1) is 25.2. The fourth-order valence-electron chi connectivity index (χ4n) is 6.97. The Morgan fingerprint density at radius 1 is 0.529 bits per heavy atom. The van der Waals surface area contributed by atoms with Crippen LogP contribution in [0.25, 0.3) is 60.6 Å². The van der Waals surface area contributed by atoms with Crippen LogP contribution in [0.3, 0.4) is 0 Å². The van der Waals surface area contributed by atoms with Crippen LogP contribution in [0.5, 0.6) is 0 Å². The summed E-state index contributed by atoms with van der Waals surface area (Å²) in [4.78, 5) is 14.8. The first-order valence-electron chi connectivity index (χ1n) is 17.0. The molecule has 0 amide bonds. The molecule has 0 saturated carbocycles. The molecule has 0 unspecified atom stereocenters. The molecule has 9 rings (SSSR count). The number of nitrogens with zero attached hydrogens (tertiary/aromatic N) is 4. The lowest BCUT2D eigenvalue weighted by Gasteiger charge is -2.14. The summed E-state index contributed by atoms with van der Waals surface area (Å²) in [7, 11) is 0. The van der Waals surface area contributed by atoms with Crippen molar-refractivity contribution in [3.63, 3.8) is 0 Å². The first kappa shape index (κ1) is 30.2. The summed E-state index contributed by atoms with van der Waals surface area (Å²) in [5.74, 6) is 1.07. The molecule has 5 nitrogen and oxygen atoms in total. The SMILES string of the molecule is C=NC(=NC(=NCc1ccccc1)c1ccccc1-n1c2ccccc2c2cc3c(cc21)oc1ccccc13)c1ccc(-c2ccccc2)cc1. The van der Waals surface area contributed by atoms with Crippen molar-refractivity contribution >= 4 is 62.1 Å². The van der Waals surface area contributed by atoms with E-state index in [1.807, 2.05) is 66.7 Å². The average molecular weight is 657 g/mol. The molecule has 2 heterocycles. The molecule has 9 aromatic rings. The highest BCUT2D eigenvalue weighted by Crippen LogP contribution is 2.39. The van der Waals surface area contributed by atoms with Crippen LogP contribution in [0.15, 0.2) is 189 Å². The van der Waals surface area contributed by atoms with Crippen molar-refractivity contribution in [2.24, 2.45) is 15.0 Å². The number of para-hydroxylation sites is 3. The topological polar surface area (TPSA) is 55.1 Å². The zero-order chi connectivity index (χ0) is 34.1. The van der Waals surface area contributed by atoms with Gasteiger partial charge in [0.05, 0.1) is 23.3 Å². The quantitative estimate of drug-likeness (QED) is 0.130. The third-order valence-electron chi connectivity index (χ3n) is 9.42. The van der Waals surface area contributed by atoms with E-state index in [-0.39, 0.29) is 0 Å². The standard InChI is InChI=1S/C46H32N4O/c1-47-45(34-26-24-33(25-27-34)32-16-6-3-7-17-32)49-46(48-30-31-14-4-2-5-15-31)37-20-9-12-22-41(37)50-40-21-11-8-18-35(40)38-28-39-36-19-10-13-23-43(36)51-44(39)29-42(38)50/h2-29H,1,30H2. The Morgan fingerprint density at radius 2 is 1.20 bits per heavy atom. The summed E-state index contributed by atoms with van der Waals surface area (Å²) in [6, 6.07) is 58.3. The van der Waals surface area contributed by atoms with E-state index in [0.717, 1.165) is 77.2 Å². The lowest BCUT2D eigenvalue weighted by Crippen LogP contribution is -2.09. The molecule has 0 N–H and O–H groups in total. The van der Waals surface area contributed by atoms with Crippen LogP contribution < -0.4 is 0 Å². The second-order valence-electron chi connectivity index (χ2n) is 12.5. The van der Waals surface area contributed by atoms with E-state index in [2.05, 4.69) is 119 Å². The maximum Gasteiger partial charge on any atom is 0.161 e. The Balaban J connectivity index is 1.24. The maximum absolute atomic E-state index is 6.39. The molecule has 0 fully saturated rings. The molecular weight excluding hydrogens is 625 g/mol. The van der Waals surface area contributed by atoms with Gasteiger partial charge in [-0.3, -0.25) is 4.99 Å². The molecule has 0 bridgehead atoms. The van der Waals surface area contributed by atoms with E-state index in [9.17, 15) is 0 Å². The summed E-state index contributed by atoms with van der Waals surface area (Å²) in [5, 5.41) is 4.52. The Labute approximate surface area is 295 Å². The van der Waals surface area contributed by atoms with Crippen molar-refractivity contribution < 1.29 is 4.42 Å². The highest BCUT2D eigenvalue weighted by atomic mass is 16.3. The van der Waals surface area contributed by atoms with Gasteiger partial charge in [0, 0.05) is 38.7 Å². The summed E-state index contributed by atoms with van der Waals surface area (Å²) < 4.78 is 8.69. The van der Waals surface area contributed by atoms with Crippen molar-refractivity contribution in [3.8, 4) is 16.8 Å². The van der Waals surface area contributed by atoms with Gasteiger partial charge in [-0.15, -0.1) is 0 Å². The highest BCUT2D eigenvalue weighted by Gasteiger charge is 2.20. The van der Waals surface area contributed by atoms with Crippen LogP contribution in [0, 0.1) is 0 Å². The largest absolute Gasteiger partial charge is 0.456 e. The summed E-state index contributed by atoms with van der Waals surface area (Å²) >= 11 is 0. The van der Waals surface area contributed by atoms with Gasteiger partial charge in [-0.05, 0) is 53.7 Å². The van der Waals surface area contributed by atoms with Crippen molar-refractivity contribution in [1.82, 2.24) is 4.57 Å². The molecule has 7 aromatic carbocycles. The molecule has 2 aromatic heterocycles. The number of aromatic nitrogens is 1. The van der Waals surface area contributed by atoms with Crippen LogP contribution in [0.1, 0.15) is 16.7 Å². The maximum atomic E-state index is 6.39. The number of aliphatic imine (C=N–C) groups is 3. The third-order valence-corrected chi connectivity index (χ3v) is 9.42. The van der Waals surface area contributed by atoms with Crippen LogP contribution >= 0.6 is 0 Å². The van der Waals surface area contributed by atoms with Crippen molar-refractivity contribution in [3.05, 3.63) is 187 Å². The average Bonchev–Trinajstić information content (AvgIpc) is 3.72. The van der Waals surface area contributed by atoms with Crippen LogP contribution in [0.2, 0.25) is 0 Å². The van der Waals surface area contributed by atoms with Gasteiger partial charge in [0.1, 0.15) is 11.2 Å². The minimum atomic E-state index is 0.457. The Hall–Kier alpha value is -6.85. The van der Waals surface area contributed by atoms with Gasteiger partial charge in [0.25, 0.3) is 0 Å². The predicted octanol–water partition coefficient (Wildman–Crippen LogP) is 11.4. The van der Waals surface area contributed by atoms with E-state index in [1.165, 1.54) is 0 Å². The van der Waals surface area contributed by atoms with Gasteiger partial charge in [-0.2, -0.15) is 0 Å². The van der Waals surface area contributed by atoms with Crippen LogP contribution in [-0.4, -0.2) is 23.0 Å². The van der Waals surface area contributed by atoms with Gasteiger partial charge < -0.3 is 8.98 Å². The normalized spacial score (nSPS) is 12.3. The van der Waals surface area contributed by atoms with E-state index in [0.29, 0.717) is 18.2 Å². The zero-order valence-electron chi connectivity index (χ0n) is 27.8. The molecule has 5 heteroatoms. The summed E-state index contributed by atoms with van der Waals surface area (Å²) in [6.45, 7) is 4.39. The molecule has 0 saturated heterocycles. The van der Waals surface area contributed by atoms with E-state index < -0.39 is 0 Å². The molecule has 242 valence electrons. The van der Waals surface area contributed by atoms with Gasteiger partial charge in [-0.1, -0.05) is 133 Å². The fourth-order valence-corrected chi connectivity index (χ4v) is 6.97. The number of amidine groups is 2. The summed E-state index contributed by atoms with van der Waals surface area (Å²) in [5.41, 5.74) is 9.91.